The molecule has 2 aromatic heterocycles. The summed E-state index contributed by atoms with van der Waals surface area (Å²) in [5.74, 6) is 0.556. The monoisotopic (exact) mass is 408 g/mol. The lowest BCUT2D eigenvalue weighted by molar-refractivity contribution is 0.505. The van der Waals surface area contributed by atoms with Crippen LogP contribution in [-0.2, 0) is 0 Å². The number of hydrogen-bond donors (Lipinski definition) is 0. The van der Waals surface area contributed by atoms with Gasteiger partial charge in [-0.2, -0.15) is 0 Å². The van der Waals surface area contributed by atoms with Crippen molar-refractivity contribution in [1.82, 2.24) is 9.55 Å². The minimum Gasteiger partial charge on any atom is -0.289 e. The van der Waals surface area contributed by atoms with Gasteiger partial charge < -0.3 is 0 Å². The summed E-state index contributed by atoms with van der Waals surface area (Å²) >= 11 is 7.83. The first-order valence-electron chi connectivity index (χ1n) is 9.38. The Kier molecular flexibility index (Phi) is 4.29. The van der Waals surface area contributed by atoms with Gasteiger partial charge in [0, 0.05) is 21.7 Å². The second kappa shape index (κ2) is 6.83. The van der Waals surface area contributed by atoms with Crippen LogP contribution < -0.4 is 11.0 Å². The van der Waals surface area contributed by atoms with E-state index in [0.29, 0.717) is 21.1 Å². The van der Waals surface area contributed by atoms with Crippen molar-refractivity contribution in [3.8, 4) is 11.4 Å². The van der Waals surface area contributed by atoms with Crippen LogP contribution in [0, 0.1) is 0 Å². The molecule has 0 spiro atoms. The second-order valence-electron chi connectivity index (χ2n) is 7.14. The highest BCUT2D eigenvalue weighted by atomic mass is 35.5. The molecule has 2 aromatic carbocycles. The van der Waals surface area contributed by atoms with Crippen molar-refractivity contribution in [2.24, 2.45) is 0 Å². The van der Waals surface area contributed by atoms with Gasteiger partial charge in [0.25, 0.3) is 5.56 Å². The van der Waals surface area contributed by atoms with Gasteiger partial charge in [-0.15, -0.1) is 11.3 Å². The van der Waals surface area contributed by atoms with Crippen molar-refractivity contribution in [1.29, 1.82) is 0 Å². The Balaban J connectivity index is 1.94. The van der Waals surface area contributed by atoms with E-state index in [-0.39, 0.29) is 22.4 Å². The minimum atomic E-state index is -0.251. The van der Waals surface area contributed by atoms with E-state index in [4.69, 9.17) is 16.6 Å². The highest BCUT2D eigenvalue weighted by Gasteiger charge is 2.25. The third kappa shape index (κ3) is 2.69. The van der Waals surface area contributed by atoms with Gasteiger partial charge in [-0.1, -0.05) is 48.7 Å². The zero-order valence-electron chi connectivity index (χ0n) is 15.0. The largest absolute Gasteiger partial charge is 0.289 e. The molecule has 0 N–H and O–H groups in total. The van der Waals surface area contributed by atoms with Gasteiger partial charge in [0.2, 0.25) is 5.43 Å². The molecule has 0 atom stereocenters. The average molecular weight is 409 g/mol. The van der Waals surface area contributed by atoms with Crippen molar-refractivity contribution in [2.45, 2.75) is 31.7 Å². The lowest BCUT2D eigenvalue weighted by Gasteiger charge is -2.19. The second-order valence-corrected chi connectivity index (χ2v) is 8.57. The van der Waals surface area contributed by atoms with Crippen LogP contribution in [0.15, 0.2) is 58.1 Å². The molecule has 1 saturated carbocycles. The fraction of sp³-hybridized carbons (Fsp3) is 0.227. The van der Waals surface area contributed by atoms with Crippen LogP contribution in [0.4, 0.5) is 0 Å². The summed E-state index contributed by atoms with van der Waals surface area (Å²) in [6.45, 7) is 0. The topological polar surface area (TPSA) is 52.0 Å². The van der Waals surface area contributed by atoms with E-state index in [0.717, 1.165) is 35.9 Å². The van der Waals surface area contributed by atoms with E-state index in [1.165, 1.54) is 11.3 Å². The molecule has 0 amide bonds. The predicted octanol–water partition coefficient (Wildman–Crippen LogP) is 5.41. The Morgan fingerprint density at radius 2 is 1.71 bits per heavy atom. The van der Waals surface area contributed by atoms with Crippen LogP contribution in [0.5, 0.6) is 0 Å². The Morgan fingerprint density at radius 3 is 2.50 bits per heavy atom. The lowest BCUT2D eigenvalue weighted by Crippen LogP contribution is -2.29. The molecule has 1 fully saturated rings. The zero-order chi connectivity index (χ0) is 19.3. The molecule has 28 heavy (non-hydrogen) atoms. The molecule has 0 aliphatic heterocycles. The average Bonchev–Trinajstić information content (AvgIpc) is 3.22. The van der Waals surface area contributed by atoms with Crippen LogP contribution >= 0.6 is 22.9 Å². The van der Waals surface area contributed by atoms with E-state index >= 15 is 0 Å². The smallest absolute Gasteiger partial charge is 0.266 e. The molecule has 2 heterocycles. The first-order valence-corrected chi connectivity index (χ1v) is 10.6. The standard InChI is InChI=1S/C22H17ClN2O2S/c23-16-11-5-3-9-14(16)20-24-21-18(22(27)25(20)13-7-1-2-8-13)19(26)15-10-4-6-12-17(15)28-21/h3-6,9-13H,1-2,7-8H2. The molecule has 4 nitrogen and oxygen atoms in total. The molecule has 0 radical (unpaired) electrons. The molecule has 140 valence electrons. The number of benzene rings is 2. The SMILES string of the molecule is O=c1c2ccccc2sc2nc(-c3ccccc3Cl)n(C3CCCC3)c(=O)c12. The first kappa shape index (κ1) is 17.6. The van der Waals surface area contributed by atoms with Gasteiger partial charge >= 0.3 is 0 Å². The number of fused-ring (bicyclic) bond motifs is 2. The van der Waals surface area contributed by atoms with E-state index in [9.17, 15) is 9.59 Å². The van der Waals surface area contributed by atoms with Crippen molar-refractivity contribution in [2.75, 3.05) is 0 Å². The molecule has 0 bridgehead atoms. The van der Waals surface area contributed by atoms with Crippen molar-refractivity contribution in [3.63, 3.8) is 0 Å². The van der Waals surface area contributed by atoms with E-state index < -0.39 is 0 Å². The van der Waals surface area contributed by atoms with Gasteiger partial charge in [0.1, 0.15) is 16.0 Å². The number of hydrogen-bond acceptors (Lipinski definition) is 4. The molecule has 5 rings (SSSR count). The van der Waals surface area contributed by atoms with Crippen LogP contribution in [-0.4, -0.2) is 9.55 Å². The summed E-state index contributed by atoms with van der Waals surface area (Å²) in [6, 6.07) is 14.8. The maximum Gasteiger partial charge on any atom is 0.266 e. The van der Waals surface area contributed by atoms with Crippen LogP contribution in [0.25, 0.3) is 31.7 Å². The summed E-state index contributed by atoms with van der Waals surface area (Å²) in [4.78, 5) is 32.0. The Bertz CT molecular complexity index is 1340. The van der Waals surface area contributed by atoms with Gasteiger partial charge in [-0.3, -0.25) is 14.2 Å². The molecule has 1 aliphatic carbocycles. The molecular weight excluding hydrogens is 392 g/mol. The van der Waals surface area contributed by atoms with E-state index in [1.54, 1.807) is 16.7 Å². The van der Waals surface area contributed by atoms with Gasteiger partial charge in [-0.05, 0) is 37.1 Å². The summed E-state index contributed by atoms with van der Waals surface area (Å²) in [6.07, 6.45) is 3.97. The Morgan fingerprint density at radius 1 is 1.00 bits per heavy atom. The van der Waals surface area contributed by atoms with Crippen molar-refractivity contribution >= 4 is 43.2 Å². The van der Waals surface area contributed by atoms with Crippen molar-refractivity contribution < 1.29 is 0 Å². The van der Waals surface area contributed by atoms with Crippen molar-refractivity contribution in [3.05, 3.63) is 74.1 Å². The van der Waals surface area contributed by atoms with E-state index in [1.807, 2.05) is 36.4 Å². The quantitative estimate of drug-likeness (QED) is 0.417. The van der Waals surface area contributed by atoms with Gasteiger partial charge in [0.05, 0.1) is 5.02 Å². The third-order valence-electron chi connectivity index (χ3n) is 5.45. The summed E-state index contributed by atoms with van der Waals surface area (Å²) < 4.78 is 2.55. The maximum absolute atomic E-state index is 13.6. The number of halogens is 1. The fourth-order valence-electron chi connectivity index (χ4n) is 4.10. The molecular formula is C22H17ClN2O2S. The number of rotatable bonds is 2. The Hall–Kier alpha value is -2.50. The number of aromatic nitrogens is 2. The third-order valence-corrected chi connectivity index (χ3v) is 6.85. The Labute approximate surface area is 170 Å². The highest BCUT2D eigenvalue weighted by molar-refractivity contribution is 7.24. The normalized spacial score (nSPS) is 14.9. The minimum absolute atomic E-state index is 0.0477. The highest BCUT2D eigenvalue weighted by Crippen LogP contribution is 2.35. The summed E-state index contributed by atoms with van der Waals surface area (Å²) in [5.41, 5.74) is 0.237. The van der Waals surface area contributed by atoms with Crippen LogP contribution in [0.1, 0.15) is 31.7 Å². The molecule has 6 heteroatoms. The van der Waals surface area contributed by atoms with Crippen LogP contribution in [0.2, 0.25) is 5.02 Å². The summed E-state index contributed by atoms with van der Waals surface area (Å²) in [5, 5.41) is 1.31. The summed E-state index contributed by atoms with van der Waals surface area (Å²) in [7, 11) is 0. The molecule has 0 unspecified atom stereocenters. The molecule has 0 saturated heterocycles. The van der Waals surface area contributed by atoms with Gasteiger partial charge in [-0.25, -0.2) is 4.98 Å². The maximum atomic E-state index is 13.6. The molecule has 1 aliphatic rings. The fourth-order valence-corrected chi connectivity index (χ4v) is 5.36. The first-order chi connectivity index (χ1) is 13.6. The molecule has 4 aromatic rings. The van der Waals surface area contributed by atoms with Gasteiger partial charge in [0.15, 0.2) is 0 Å². The van der Waals surface area contributed by atoms with Crippen LogP contribution in [0.3, 0.4) is 0 Å². The number of nitrogens with zero attached hydrogens (tertiary/aromatic N) is 2. The lowest BCUT2D eigenvalue weighted by atomic mass is 10.1. The predicted molar refractivity (Wildman–Crippen MR) is 116 cm³/mol. The van der Waals surface area contributed by atoms with E-state index in [2.05, 4.69) is 0 Å². The zero-order valence-corrected chi connectivity index (χ0v) is 16.6.